The molecule has 3 atom stereocenters. The number of methoxy groups -OCH3 is 1. The van der Waals surface area contributed by atoms with E-state index in [0.29, 0.717) is 6.54 Å². The Hall–Kier alpha value is -2.65. The molecule has 1 aromatic carbocycles. The molecular formula is C21H31N5O4. The SMILES string of the molecule is COc1ccc(-c2cn(CC[C@H]3CC[C@@H](NC(=O)NC(C)C)[C@@H](CO)O3)nn2)cc1. The minimum absolute atomic E-state index is 0.00185. The van der Waals surface area contributed by atoms with Crippen molar-refractivity contribution in [3.8, 4) is 17.0 Å². The number of benzene rings is 1. The number of nitrogens with one attached hydrogen (secondary N) is 2. The summed E-state index contributed by atoms with van der Waals surface area (Å²) >= 11 is 0. The lowest BCUT2D eigenvalue weighted by atomic mass is 9.97. The van der Waals surface area contributed by atoms with Gasteiger partial charge in [0.1, 0.15) is 17.5 Å². The number of aliphatic hydroxyl groups is 1. The van der Waals surface area contributed by atoms with Crippen LogP contribution in [-0.4, -0.2) is 64.1 Å². The number of ether oxygens (including phenoxy) is 2. The molecule has 3 N–H and O–H groups in total. The lowest BCUT2D eigenvalue weighted by Gasteiger charge is -2.36. The topological polar surface area (TPSA) is 111 Å². The van der Waals surface area contributed by atoms with Gasteiger partial charge in [-0.3, -0.25) is 4.68 Å². The van der Waals surface area contributed by atoms with Crippen LogP contribution in [0.15, 0.2) is 30.5 Å². The third kappa shape index (κ3) is 5.93. The molecule has 0 bridgehead atoms. The van der Waals surface area contributed by atoms with Crippen molar-refractivity contribution in [1.29, 1.82) is 0 Å². The largest absolute Gasteiger partial charge is 0.497 e. The highest BCUT2D eigenvalue weighted by Gasteiger charge is 2.31. The molecule has 2 heterocycles. The van der Waals surface area contributed by atoms with Crippen molar-refractivity contribution >= 4 is 6.03 Å². The number of aliphatic hydroxyl groups excluding tert-OH is 1. The van der Waals surface area contributed by atoms with Crippen molar-refractivity contribution in [3.05, 3.63) is 30.5 Å². The van der Waals surface area contributed by atoms with Gasteiger partial charge in [0.05, 0.1) is 32.1 Å². The van der Waals surface area contributed by atoms with Crippen molar-refractivity contribution in [2.24, 2.45) is 0 Å². The molecular weight excluding hydrogens is 386 g/mol. The number of rotatable bonds is 8. The van der Waals surface area contributed by atoms with E-state index in [1.54, 1.807) is 11.8 Å². The molecule has 3 rings (SSSR count). The van der Waals surface area contributed by atoms with Crippen LogP contribution in [0.25, 0.3) is 11.3 Å². The molecule has 0 unspecified atom stereocenters. The van der Waals surface area contributed by atoms with Gasteiger partial charge >= 0.3 is 6.03 Å². The predicted molar refractivity (Wildman–Crippen MR) is 112 cm³/mol. The maximum absolute atomic E-state index is 11.9. The number of aromatic nitrogens is 3. The Morgan fingerprint density at radius 3 is 2.77 bits per heavy atom. The fraction of sp³-hybridized carbons (Fsp3) is 0.571. The van der Waals surface area contributed by atoms with Gasteiger partial charge in [-0.1, -0.05) is 5.21 Å². The van der Waals surface area contributed by atoms with E-state index in [4.69, 9.17) is 9.47 Å². The summed E-state index contributed by atoms with van der Waals surface area (Å²) in [6, 6.07) is 7.32. The minimum Gasteiger partial charge on any atom is -0.497 e. The normalized spacial score (nSPS) is 21.4. The third-order valence-electron chi connectivity index (χ3n) is 5.14. The standard InChI is InChI=1S/C21H31N5O4/c1-14(2)22-21(28)23-18-9-8-17(30-20(18)13-27)10-11-26-12-19(24-25-26)15-4-6-16(29-3)7-5-15/h4-7,12,14,17-18,20,27H,8-11,13H2,1-3H3,(H2,22,23,28)/t17-,18-,20-/m1/s1. The highest BCUT2D eigenvalue weighted by Crippen LogP contribution is 2.23. The zero-order valence-electron chi connectivity index (χ0n) is 17.7. The van der Waals surface area contributed by atoms with Crippen LogP contribution >= 0.6 is 0 Å². The number of aryl methyl sites for hydroxylation is 1. The van der Waals surface area contributed by atoms with E-state index < -0.39 is 6.10 Å². The monoisotopic (exact) mass is 417 g/mol. The van der Waals surface area contributed by atoms with Crippen molar-refractivity contribution in [2.45, 2.75) is 63.9 Å². The number of urea groups is 1. The van der Waals surface area contributed by atoms with E-state index in [0.717, 1.165) is 36.3 Å². The van der Waals surface area contributed by atoms with Crippen LogP contribution in [0.5, 0.6) is 5.75 Å². The van der Waals surface area contributed by atoms with Gasteiger partial charge in [-0.25, -0.2) is 4.79 Å². The Bertz CT molecular complexity index is 808. The first-order chi connectivity index (χ1) is 14.5. The first-order valence-corrected chi connectivity index (χ1v) is 10.4. The summed E-state index contributed by atoms with van der Waals surface area (Å²) in [7, 11) is 1.64. The first-order valence-electron chi connectivity index (χ1n) is 10.4. The average Bonchev–Trinajstić information content (AvgIpc) is 3.21. The Morgan fingerprint density at radius 2 is 2.10 bits per heavy atom. The number of amides is 2. The van der Waals surface area contributed by atoms with Gasteiger partial charge in [0, 0.05) is 18.2 Å². The lowest BCUT2D eigenvalue weighted by molar-refractivity contribution is -0.0908. The maximum Gasteiger partial charge on any atom is 0.315 e. The van der Waals surface area contributed by atoms with Crippen LogP contribution < -0.4 is 15.4 Å². The van der Waals surface area contributed by atoms with Crippen LogP contribution in [0.2, 0.25) is 0 Å². The number of carbonyl (C=O) groups excluding carboxylic acids is 1. The van der Waals surface area contributed by atoms with E-state index in [-0.39, 0.29) is 30.8 Å². The second-order valence-corrected chi connectivity index (χ2v) is 7.82. The molecule has 2 aromatic rings. The molecule has 30 heavy (non-hydrogen) atoms. The highest BCUT2D eigenvalue weighted by molar-refractivity contribution is 5.74. The molecule has 164 valence electrons. The summed E-state index contributed by atoms with van der Waals surface area (Å²) < 4.78 is 13.0. The van der Waals surface area contributed by atoms with Crippen LogP contribution in [-0.2, 0) is 11.3 Å². The van der Waals surface area contributed by atoms with Crippen LogP contribution in [0.4, 0.5) is 4.79 Å². The van der Waals surface area contributed by atoms with Crippen LogP contribution in [0.3, 0.4) is 0 Å². The van der Waals surface area contributed by atoms with E-state index in [1.807, 2.05) is 44.3 Å². The van der Waals surface area contributed by atoms with Gasteiger partial charge in [0.25, 0.3) is 0 Å². The van der Waals surface area contributed by atoms with Crippen LogP contribution in [0, 0.1) is 0 Å². The van der Waals surface area contributed by atoms with Crippen LogP contribution in [0.1, 0.15) is 33.1 Å². The minimum atomic E-state index is -0.410. The van der Waals surface area contributed by atoms with Gasteiger partial charge in [-0.05, 0) is 57.4 Å². The summed E-state index contributed by atoms with van der Waals surface area (Å²) in [6.45, 7) is 4.34. The Balaban J connectivity index is 1.49. The van der Waals surface area contributed by atoms with E-state index in [9.17, 15) is 9.90 Å². The molecule has 0 spiro atoms. The molecule has 0 aliphatic carbocycles. The van der Waals surface area contributed by atoms with Crippen molar-refractivity contribution < 1.29 is 19.4 Å². The van der Waals surface area contributed by atoms with Gasteiger partial charge in [0.2, 0.25) is 0 Å². The fourth-order valence-electron chi connectivity index (χ4n) is 3.56. The molecule has 0 saturated carbocycles. The summed E-state index contributed by atoms with van der Waals surface area (Å²) in [6.07, 6.45) is 3.83. The van der Waals surface area contributed by atoms with Crippen molar-refractivity contribution in [1.82, 2.24) is 25.6 Å². The van der Waals surface area contributed by atoms with E-state index in [1.165, 1.54) is 0 Å². The van der Waals surface area contributed by atoms with Gasteiger partial charge < -0.3 is 25.2 Å². The smallest absolute Gasteiger partial charge is 0.315 e. The van der Waals surface area contributed by atoms with Crippen molar-refractivity contribution in [2.75, 3.05) is 13.7 Å². The fourth-order valence-corrected chi connectivity index (χ4v) is 3.56. The van der Waals surface area contributed by atoms with E-state index >= 15 is 0 Å². The lowest BCUT2D eigenvalue weighted by Crippen LogP contribution is -2.54. The molecule has 1 aliphatic heterocycles. The molecule has 0 radical (unpaired) electrons. The van der Waals surface area contributed by atoms with Gasteiger partial charge in [0.15, 0.2) is 0 Å². The summed E-state index contributed by atoms with van der Waals surface area (Å²) in [5.74, 6) is 0.800. The first kappa shape index (κ1) is 22.0. The molecule has 1 aliphatic rings. The second kappa shape index (κ2) is 10.4. The summed E-state index contributed by atoms with van der Waals surface area (Å²) in [4.78, 5) is 11.9. The Kier molecular flexibility index (Phi) is 7.64. The maximum atomic E-state index is 11.9. The number of hydrogen-bond donors (Lipinski definition) is 3. The molecule has 1 aromatic heterocycles. The second-order valence-electron chi connectivity index (χ2n) is 7.82. The zero-order valence-corrected chi connectivity index (χ0v) is 17.7. The number of carbonyl (C=O) groups is 1. The van der Waals surface area contributed by atoms with Gasteiger partial charge in [-0.15, -0.1) is 5.10 Å². The Morgan fingerprint density at radius 1 is 1.33 bits per heavy atom. The van der Waals surface area contributed by atoms with Gasteiger partial charge in [-0.2, -0.15) is 0 Å². The van der Waals surface area contributed by atoms with Crippen molar-refractivity contribution in [3.63, 3.8) is 0 Å². The molecule has 1 fully saturated rings. The quantitative estimate of drug-likeness (QED) is 0.606. The summed E-state index contributed by atoms with van der Waals surface area (Å²) in [5, 5.41) is 23.8. The number of hydrogen-bond acceptors (Lipinski definition) is 6. The molecule has 2 amide bonds. The predicted octanol–water partition coefficient (Wildman–Crippen LogP) is 1.96. The molecule has 1 saturated heterocycles. The highest BCUT2D eigenvalue weighted by atomic mass is 16.5. The van der Waals surface area contributed by atoms with E-state index in [2.05, 4.69) is 20.9 Å². The average molecular weight is 418 g/mol. The zero-order chi connectivity index (χ0) is 21.5. The Labute approximate surface area is 176 Å². The molecule has 9 heteroatoms. The summed E-state index contributed by atoms with van der Waals surface area (Å²) in [5.41, 5.74) is 1.78. The molecule has 9 nitrogen and oxygen atoms in total. The number of nitrogens with zero attached hydrogens (tertiary/aromatic N) is 3. The third-order valence-corrected chi connectivity index (χ3v) is 5.14.